The first-order chi connectivity index (χ1) is 17.0. The second-order valence-corrected chi connectivity index (χ2v) is 12.9. The highest BCUT2D eigenvalue weighted by Crippen LogP contribution is 2.38. The zero-order valence-corrected chi connectivity index (χ0v) is 24.5. The predicted octanol–water partition coefficient (Wildman–Crippen LogP) is 6.65. The molecule has 0 aliphatic heterocycles. The fourth-order valence-electron chi connectivity index (χ4n) is 3.35. The van der Waals surface area contributed by atoms with Crippen LogP contribution >= 0.6 is 34.3 Å². The molecule has 37 heavy (non-hydrogen) atoms. The molecule has 0 saturated heterocycles. The number of hydrogen-bond donors (Lipinski definition) is 1. The molecule has 0 aromatic carbocycles. The van der Waals surface area contributed by atoms with Crippen LogP contribution in [0.4, 0.5) is 19.8 Å². The summed E-state index contributed by atoms with van der Waals surface area (Å²) in [5.74, 6) is -0.386. The van der Waals surface area contributed by atoms with E-state index in [4.69, 9.17) is 21.1 Å². The van der Waals surface area contributed by atoms with Gasteiger partial charge in [-0.3, -0.25) is 4.90 Å². The van der Waals surface area contributed by atoms with Gasteiger partial charge >= 0.3 is 12.2 Å². The van der Waals surface area contributed by atoms with Crippen molar-refractivity contribution in [2.45, 2.75) is 85.6 Å². The van der Waals surface area contributed by atoms with E-state index >= 15 is 0 Å². The lowest BCUT2D eigenvalue weighted by atomic mass is 10.1. The van der Waals surface area contributed by atoms with E-state index in [1.807, 2.05) is 13.8 Å². The molecule has 0 fully saturated rings. The Kier molecular flexibility index (Phi) is 8.65. The molecule has 3 heterocycles. The van der Waals surface area contributed by atoms with Gasteiger partial charge in [-0.15, -0.1) is 22.7 Å². The molecule has 9 nitrogen and oxygen atoms in total. The summed E-state index contributed by atoms with van der Waals surface area (Å²) in [6.07, 6.45) is -0.686. The molecule has 0 radical (unpaired) electrons. The first-order valence-corrected chi connectivity index (χ1v) is 13.7. The molecule has 0 spiro atoms. The van der Waals surface area contributed by atoms with Gasteiger partial charge in [-0.05, 0) is 72.6 Å². The molecule has 3 aromatic heterocycles. The fourth-order valence-corrected chi connectivity index (χ4v) is 5.51. The monoisotopic (exact) mass is 571 g/mol. The minimum absolute atomic E-state index is 0.0474. The number of thiophene rings is 1. The van der Waals surface area contributed by atoms with Gasteiger partial charge in [0, 0.05) is 22.7 Å². The number of aromatic nitrogens is 3. The number of rotatable bonds is 6. The lowest BCUT2D eigenvalue weighted by molar-refractivity contribution is 0.0507. The summed E-state index contributed by atoms with van der Waals surface area (Å²) in [6, 6.07) is -0.242. The standard InChI is InChI=1S/C24H31ClFN5O4S2/c1-12(27-21(32)34-23(3,4)5)9-14-13(2)17-18(37-14)19(30-20(25)29-17)31(22(33)35-24(6,7)8)10-16-28-15(26)11-36-16/h11-12H,9-10H2,1-8H3,(H,27,32). The summed E-state index contributed by atoms with van der Waals surface area (Å²) in [5, 5.41) is 4.43. The van der Waals surface area contributed by atoms with Gasteiger partial charge in [-0.25, -0.2) is 19.6 Å². The lowest BCUT2D eigenvalue weighted by Gasteiger charge is -2.26. The van der Waals surface area contributed by atoms with Gasteiger partial charge in [0.25, 0.3) is 0 Å². The topological polar surface area (TPSA) is 107 Å². The van der Waals surface area contributed by atoms with Crippen molar-refractivity contribution in [3.8, 4) is 0 Å². The van der Waals surface area contributed by atoms with E-state index in [1.165, 1.54) is 21.6 Å². The van der Waals surface area contributed by atoms with Gasteiger partial charge in [-0.1, -0.05) is 0 Å². The zero-order chi connectivity index (χ0) is 27.7. The van der Waals surface area contributed by atoms with E-state index in [0.717, 1.165) is 21.8 Å². The highest BCUT2D eigenvalue weighted by atomic mass is 35.5. The Morgan fingerprint density at radius 2 is 1.78 bits per heavy atom. The SMILES string of the molecule is Cc1c(CC(C)NC(=O)OC(C)(C)C)sc2c(N(Cc3nc(F)cs3)C(=O)OC(C)(C)C)nc(Cl)nc12. The van der Waals surface area contributed by atoms with Crippen LogP contribution in [0.5, 0.6) is 0 Å². The van der Waals surface area contributed by atoms with Crippen molar-refractivity contribution in [1.29, 1.82) is 0 Å². The highest BCUT2D eigenvalue weighted by Gasteiger charge is 2.29. The average molecular weight is 572 g/mol. The van der Waals surface area contributed by atoms with Crippen LogP contribution in [-0.4, -0.2) is 44.4 Å². The Morgan fingerprint density at radius 3 is 2.35 bits per heavy atom. The summed E-state index contributed by atoms with van der Waals surface area (Å²) in [7, 11) is 0. The summed E-state index contributed by atoms with van der Waals surface area (Å²) in [4.78, 5) is 40.3. The lowest BCUT2D eigenvalue weighted by Crippen LogP contribution is -2.38. The van der Waals surface area contributed by atoms with Crippen molar-refractivity contribution < 1.29 is 23.5 Å². The number of carbonyl (C=O) groups excluding carboxylic acids is 2. The van der Waals surface area contributed by atoms with Gasteiger partial charge in [0.1, 0.15) is 16.2 Å². The maximum absolute atomic E-state index is 13.6. The Morgan fingerprint density at radius 1 is 1.14 bits per heavy atom. The summed E-state index contributed by atoms with van der Waals surface area (Å²) in [5.41, 5.74) is 0.0501. The highest BCUT2D eigenvalue weighted by molar-refractivity contribution is 7.19. The van der Waals surface area contributed by atoms with Crippen LogP contribution in [0.2, 0.25) is 5.28 Å². The number of fused-ring (bicyclic) bond motifs is 1. The van der Waals surface area contributed by atoms with Crippen molar-refractivity contribution in [3.05, 3.63) is 32.1 Å². The largest absolute Gasteiger partial charge is 0.444 e. The number of halogens is 2. The molecule has 1 atom stereocenters. The molecular formula is C24H31ClFN5O4S2. The third-order valence-corrected chi connectivity index (χ3v) is 7.03. The van der Waals surface area contributed by atoms with Crippen LogP contribution in [-0.2, 0) is 22.4 Å². The van der Waals surface area contributed by atoms with Gasteiger partial charge in [0.15, 0.2) is 5.82 Å². The third-order valence-electron chi connectivity index (χ3n) is 4.76. The molecule has 202 valence electrons. The number of ether oxygens (including phenoxy) is 2. The quantitative estimate of drug-likeness (QED) is 0.330. The summed E-state index contributed by atoms with van der Waals surface area (Å²) >= 11 is 8.76. The van der Waals surface area contributed by atoms with Crippen LogP contribution in [0.3, 0.4) is 0 Å². The van der Waals surface area contributed by atoms with Gasteiger partial charge in [0.2, 0.25) is 11.2 Å². The predicted molar refractivity (Wildman–Crippen MR) is 144 cm³/mol. The zero-order valence-electron chi connectivity index (χ0n) is 22.1. The summed E-state index contributed by atoms with van der Waals surface area (Å²) in [6.45, 7) is 14.4. The van der Waals surface area contributed by atoms with Gasteiger partial charge in [-0.2, -0.15) is 9.37 Å². The Hall–Kier alpha value is -2.57. The molecule has 3 aromatic rings. The van der Waals surface area contributed by atoms with E-state index in [0.29, 0.717) is 21.6 Å². The molecule has 13 heteroatoms. The van der Waals surface area contributed by atoms with Crippen LogP contribution in [0.25, 0.3) is 10.2 Å². The van der Waals surface area contributed by atoms with Crippen LogP contribution in [0, 0.1) is 12.9 Å². The van der Waals surface area contributed by atoms with Crippen molar-refractivity contribution in [2.24, 2.45) is 0 Å². The normalized spacial score (nSPS) is 12.9. The number of aryl methyl sites for hydroxylation is 1. The van der Waals surface area contributed by atoms with E-state index in [9.17, 15) is 14.0 Å². The number of nitrogens with zero attached hydrogens (tertiary/aromatic N) is 4. The smallest absolute Gasteiger partial charge is 0.416 e. The molecule has 0 bridgehead atoms. The number of thiazole rings is 1. The van der Waals surface area contributed by atoms with Gasteiger partial charge < -0.3 is 14.8 Å². The van der Waals surface area contributed by atoms with Crippen LogP contribution < -0.4 is 10.2 Å². The fraction of sp³-hybridized carbons (Fsp3) is 0.542. The maximum Gasteiger partial charge on any atom is 0.416 e. The molecule has 1 unspecified atom stereocenters. The Labute approximate surface area is 228 Å². The number of anilines is 1. The first kappa shape index (κ1) is 29.0. The first-order valence-electron chi connectivity index (χ1n) is 11.6. The number of amides is 2. The Bertz CT molecular complexity index is 1300. The Balaban J connectivity index is 1.99. The minimum Gasteiger partial charge on any atom is -0.444 e. The number of hydrogen-bond acceptors (Lipinski definition) is 9. The summed E-state index contributed by atoms with van der Waals surface area (Å²) < 4.78 is 25.2. The molecule has 0 saturated carbocycles. The van der Waals surface area contributed by atoms with E-state index in [1.54, 1.807) is 41.5 Å². The number of carbonyl (C=O) groups is 2. The molecule has 0 aliphatic carbocycles. The third kappa shape index (κ3) is 7.96. The van der Waals surface area contributed by atoms with Crippen molar-refractivity contribution in [2.75, 3.05) is 4.90 Å². The van der Waals surface area contributed by atoms with Gasteiger partial charge in [0.05, 0.1) is 16.8 Å². The van der Waals surface area contributed by atoms with E-state index in [2.05, 4.69) is 20.3 Å². The van der Waals surface area contributed by atoms with Crippen molar-refractivity contribution in [1.82, 2.24) is 20.3 Å². The second-order valence-electron chi connectivity index (χ2n) is 10.5. The number of alkyl carbamates (subject to hydrolysis) is 1. The van der Waals surface area contributed by atoms with E-state index < -0.39 is 29.3 Å². The maximum atomic E-state index is 13.6. The van der Waals surface area contributed by atoms with E-state index in [-0.39, 0.29) is 23.7 Å². The minimum atomic E-state index is -0.779. The van der Waals surface area contributed by atoms with Crippen LogP contribution in [0.1, 0.15) is 63.9 Å². The second kappa shape index (κ2) is 11.0. The molecular weight excluding hydrogens is 541 g/mol. The molecule has 1 N–H and O–H groups in total. The van der Waals surface area contributed by atoms with Crippen LogP contribution in [0.15, 0.2) is 5.38 Å². The van der Waals surface area contributed by atoms with Crippen molar-refractivity contribution >= 4 is 62.5 Å². The molecule has 2 amide bonds. The average Bonchev–Trinajstić information content (AvgIpc) is 3.26. The molecule has 3 rings (SSSR count). The van der Waals surface area contributed by atoms with Crippen molar-refractivity contribution in [3.63, 3.8) is 0 Å². The number of nitrogens with one attached hydrogen (secondary N) is 1. The molecule has 0 aliphatic rings.